The summed E-state index contributed by atoms with van der Waals surface area (Å²) in [5.41, 5.74) is 3.87. The molecule has 2 aromatic heterocycles. The molecule has 2 amide bonds. The number of amides is 2. The molecule has 0 aliphatic heterocycles. The first-order valence-corrected chi connectivity index (χ1v) is 15.3. The number of esters is 1. The molecule has 0 spiro atoms. The molecule has 2 aromatic carbocycles. The van der Waals surface area contributed by atoms with Crippen molar-refractivity contribution in [1.82, 2.24) is 10.6 Å². The maximum absolute atomic E-state index is 11.9. The van der Waals surface area contributed by atoms with Crippen molar-refractivity contribution >= 4 is 30.6 Å². The quantitative estimate of drug-likeness (QED) is 0.118. The molecule has 4 aromatic rings. The van der Waals surface area contributed by atoms with Crippen LogP contribution in [0.15, 0.2) is 110 Å². The molecule has 0 aliphatic carbocycles. The maximum atomic E-state index is 11.9. The summed E-state index contributed by atoms with van der Waals surface area (Å²) in [4.78, 5) is 35.4. The van der Waals surface area contributed by atoms with E-state index in [-0.39, 0.29) is 38.0 Å². The maximum Gasteiger partial charge on any atom is 0.412 e. The van der Waals surface area contributed by atoms with E-state index in [1.54, 1.807) is 36.0 Å². The Bertz CT molecular complexity index is 1520. The highest BCUT2D eigenvalue weighted by atomic mass is 35.5. The second-order valence-electron chi connectivity index (χ2n) is 10.8. The van der Waals surface area contributed by atoms with Gasteiger partial charge in [-0.1, -0.05) is 60.7 Å². The van der Waals surface area contributed by atoms with E-state index in [1.807, 2.05) is 111 Å². The average Bonchev–Trinajstić information content (AvgIpc) is 3.04. The van der Waals surface area contributed by atoms with Crippen molar-refractivity contribution in [3.05, 3.63) is 132 Å². The lowest BCUT2D eigenvalue weighted by Gasteiger charge is -2.13. The number of hydrogen-bond donors (Lipinski definition) is 2. The minimum Gasteiger partial charge on any atom is -0.462 e. The Hall–Kier alpha value is -4.96. The Balaban J connectivity index is 0.000000324. The molecule has 0 bridgehead atoms. The number of ether oxygens (including phenoxy) is 3. The molecule has 250 valence electrons. The van der Waals surface area contributed by atoms with Crippen LogP contribution in [0.3, 0.4) is 0 Å². The molecule has 2 atom stereocenters. The lowest BCUT2D eigenvalue weighted by atomic mass is 10.1. The second-order valence-corrected chi connectivity index (χ2v) is 10.8. The van der Waals surface area contributed by atoms with Gasteiger partial charge in [0.15, 0.2) is 24.8 Å². The van der Waals surface area contributed by atoms with Gasteiger partial charge in [-0.15, -0.1) is 12.4 Å². The van der Waals surface area contributed by atoms with E-state index in [0.29, 0.717) is 12.2 Å². The van der Waals surface area contributed by atoms with Gasteiger partial charge in [-0.2, -0.15) is 9.13 Å². The van der Waals surface area contributed by atoms with Crippen LogP contribution in [0.25, 0.3) is 0 Å². The van der Waals surface area contributed by atoms with Crippen molar-refractivity contribution in [2.24, 2.45) is 0 Å². The number of nitrogens with zero attached hydrogens (tertiary/aromatic N) is 2. The molecule has 0 fully saturated rings. The van der Waals surface area contributed by atoms with Crippen LogP contribution in [0, 0.1) is 6.92 Å². The molecular formula is C36H45ClN4O6+2. The number of rotatable bonds is 12. The monoisotopic (exact) mass is 664 g/mol. The van der Waals surface area contributed by atoms with Crippen molar-refractivity contribution in [3.8, 4) is 0 Å². The summed E-state index contributed by atoms with van der Waals surface area (Å²) in [5.74, 6) is -0.405. The summed E-state index contributed by atoms with van der Waals surface area (Å²) in [7, 11) is 0. The van der Waals surface area contributed by atoms with E-state index in [9.17, 15) is 14.4 Å². The number of halogens is 1. The molecular weight excluding hydrogens is 620 g/mol. The van der Waals surface area contributed by atoms with Gasteiger partial charge in [-0.3, -0.25) is 0 Å². The van der Waals surface area contributed by atoms with Gasteiger partial charge in [-0.25, -0.2) is 14.4 Å². The molecule has 11 heteroatoms. The summed E-state index contributed by atoms with van der Waals surface area (Å²) in [6.07, 6.45) is 7.70. The normalized spacial score (nSPS) is 11.3. The zero-order valence-electron chi connectivity index (χ0n) is 27.3. The van der Waals surface area contributed by atoms with Crippen LogP contribution in [0.4, 0.5) is 9.59 Å². The third kappa shape index (κ3) is 15.3. The van der Waals surface area contributed by atoms with Crippen molar-refractivity contribution in [1.29, 1.82) is 0 Å². The topological polar surface area (TPSA) is 111 Å². The van der Waals surface area contributed by atoms with E-state index < -0.39 is 18.2 Å². The predicted molar refractivity (Wildman–Crippen MR) is 180 cm³/mol. The fourth-order valence-corrected chi connectivity index (χ4v) is 4.46. The first-order chi connectivity index (χ1) is 22.2. The molecule has 4 rings (SSSR count). The largest absolute Gasteiger partial charge is 0.462 e. The SMILES string of the molecule is CCOC(=O)c1ccc[n+](COC(=O)N[C@@H](C)Cc2ccccc2)c1.Cc1ccc[n+](COC(=O)N[C@@H](C)Cc2ccccc2)c1.Cl. The number of carbonyl (C=O) groups excluding carboxylic acids is 3. The van der Waals surface area contributed by atoms with Gasteiger partial charge < -0.3 is 24.8 Å². The zero-order chi connectivity index (χ0) is 33.1. The number of nitrogens with one attached hydrogen (secondary N) is 2. The number of aromatic nitrogens is 2. The molecule has 0 saturated heterocycles. The number of pyridine rings is 2. The first-order valence-electron chi connectivity index (χ1n) is 15.3. The fraction of sp³-hybridized carbons (Fsp3) is 0.306. The molecule has 2 heterocycles. The third-order valence-corrected chi connectivity index (χ3v) is 6.56. The molecule has 0 saturated carbocycles. The van der Waals surface area contributed by atoms with Gasteiger partial charge in [0, 0.05) is 29.8 Å². The summed E-state index contributed by atoms with van der Waals surface area (Å²) in [6, 6.07) is 27.2. The number of benzene rings is 2. The number of aryl methyl sites for hydroxylation is 1. The van der Waals surface area contributed by atoms with Crippen LogP contribution >= 0.6 is 12.4 Å². The molecule has 2 N–H and O–H groups in total. The summed E-state index contributed by atoms with van der Waals surface area (Å²) < 4.78 is 18.8. The van der Waals surface area contributed by atoms with Crippen LogP contribution in [0.5, 0.6) is 0 Å². The van der Waals surface area contributed by atoms with Crippen molar-refractivity contribution < 1.29 is 37.7 Å². The fourth-order valence-electron chi connectivity index (χ4n) is 4.46. The standard InChI is InChI=1S/C19H22N2O4.C17H20N2O2.ClH/c1-3-24-18(22)17-10-7-11-21(13-17)14-25-19(23)20-15(2)12-16-8-5-4-6-9-16;1-14-7-6-10-19(12-14)13-21-17(20)18-15(2)11-16-8-4-3-5-9-16;/h4-11,13,15H,3,12,14H2,1-2H3;3-10,12,15H,11,13H2,1-2H3;1H/p+2/t2*15-;/m00./s1. The van der Waals surface area contributed by atoms with Crippen LogP contribution in [-0.4, -0.2) is 36.8 Å². The number of carbonyl (C=O) groups is 3. The van der Waals surface area contributed by atoms with Crippen molar-refractivity contribution in [2.75, 3.05) is 6.61 Å². The van der Waals surface area contributed by atoms with Crippen LogP contribution < -0.4 is 19.8 Å². The van der Waals surface area contributed by atoms with Gasteiger partial charge in [0.05, 0.1) is 6.61 Å². The van der Waals surface area contributed by atoms with Crippen LogP contribution in [0.1, 0.15) is 47.8 Å². The van der Waals surface area contributed by atoms with Gasteiger partial charge >= 0.3 is 18.2 Å². The van der Waals surface area contributed by atoms with Gasteiger partial charge in [0.2, 0.25) is 0 Å². The third-order valence-electron chi connectivity index (χ3n) is 6.56. The molecule has 47 heavy (non-hydrogen) atoms. The Morgan fingerprint density at radius 2 is 1.13 bits per heavy atom. The van der Waals surface area contributed by atoms with Gasteiger partial charge in [0.25, 0.3) is 13.5 Å². The van der Waals surface area contributed by atoms with E-state index in [4.69, 9.17) is 14.2 Å². The first kappa shape index (κ1) is 38.2. The summed E-state index contributed by atoms with van der Waals surface area (Å²) in [5, 5.41) is 5.63. The lowest BCUT2D eigenvalue weighted by molar-refractivity contribution is -0.727. The summed E-state index contributed by atoms with van der Waals surface area (Å²) in [6.45, 7) is 8.17. The molecule has 0 aliphatic rings. The van der Waals surface area contributed by atoms with E-state index in [2.05, 4.69) is 10.6 Å². The number of alkyl carbamates (subject to hydrolysis) is 2. The van der Waals surface area contributed by atoms with Gasteiger partial charge in [0.1, 0.15) is 5.56 Å². The van der Waals surface area contributed by atoms with E-state index >= 15 is 0 Å². The van der Waals surface area contributed by atoms with E-state index in [0.717, 1.165) is 24.0 Å². The zero-order valence-corrected chi connectivity index (χ0v) is 28.2. The second kappa shape index (κ2) is 21.0. The van der Waals surface area contributed by atoms with Crippen LogP contribution in [-0.2, 0) is 40.5 Å². The highest BCUT2D eigenvalue weighted by molar-refractivity contribution is 5.88. The predicted octanol–water partition coefficient (Wildman–Crippen LogP) is 5.48. The summed E-state index contributed by atoms with van der Waals surface area (Å²) >= 11 is 0. The minimum absolute atomic E-state index is 0. The lowest BCUT2D eigenvalue weighted by Crippen LogP contribution is -2.41. The minimum atomic E-state index is -0.502. The van der Waals surface area contributed by atoms with Gasteiger partial charge in [-0.05, 0) is 63.8 Å². The molecule has 0 unspecified atom stereocenters. The van der Waals surface area contributed by atoms with Crippen LogP contribution in [0.2, 0.25) is 0 Å². The molecule has 0 radical (unpaired) electrons. The van der Waals surface area contributed by atoms with Crippen molar-refractivity contribution in [2.45, 2.75) is 66.1 Å². The average molecular weight is 665 g/mol. The highest BCUT2D eigenvalue weighted by Crippen LogP contribution is 2.04. The Labute approximate surface area is 283 Å². The smallest absolute Gasteiger partial charge is 0.412 e. The Morgan fingerprint density at radius 1 is 0.660 bits per heavy atom. The molecule has 10 nitrogen and oxygen atoms in total. The Kier molecular flexibility index (Phi) is 17.0. The highest BCUT2D eigenvalue weighted by Gasteiger charge is 2.15. The van der Waals surface area contributed by atoms with E-state index in [1.165, 1.54) is 5.56 Å². The number of hydrogen-bond acceptors (Lipinski definition) is 6. The van der Waals surface area contributed by atoms with Crippen molar-refractivity contribution in [3.63, 3.8) is 0 Å². The Morgan fingerprint density at radius 3 is 1.60 bits per heavy atom.